The predicted molar refractivity (Wildman–Crippen MR) is 84.6 cm³/mol. The summed E-state index contributed by atoms with van der Waals surface area (Å²) in [6.07, 6.45) is 0.248. The van der Waals surface area contributed by atoms with E-state index in [0.29, 0.717) is 13.0 Å². The maximum atomic E-state index is 11.6. The molecule has 1 aromatic carbocycles. The normalized spacial score (nSPS) is 12.5. The van der Waals surface area contributed by atoms with Gasteiger partial charge in [0, 0.05) is 18.6 Å². The number of carbonyl (C=O) groups is 1. The molecule has 0 spiro atoms. The largest absolute Gasteiger partial charge is 0.514 e. The van der Waals surface area contributed by atoms with Crippen molar-refractivity contribution in [3.63, 3.8) is 0 Å². The third-order valence-corrected chi connectivity index (χ3v) is 3.41. The van der Waals surface area contributed by atoms with Gasteiger partial charge in [-0.15, -0.1) is 0 Å². The Morgan fingerprint density at radius 3 is 2.43 bits per heavy atom. The lowest BCUT2D eigenvalue weighted by molar-refractivity contribution is -0.384. The highest BCUT2D eigenvalue weighted by atomic mass is 16.7. The highest BCUT2D eigenvalue weighted by molar-refractivity contribution is 5.64. The van der Waals surface area contributed by atoms with Gasteiger partial charge in [-0.3, -0.25) is 10.1 Å². The summed E-state index contributed by atoms with van der Waals surface area (Å²) in [6, 6.07) is 5.20. The number of rotatable bonds is 8. The molecule has 0 aromatic heterocycles. The van der Waals surface area contributed by atoms with Gasteiger partial charge in [-0.25, -0.2) is 4.79 Å². The van der Waals surface area contributed by atoms with Gasteiger partial charge in [0.2, 0.25) is 0 Å². The van der Waals surface area contributed by atoms with Gasteiger partial charge in [-0.1, -0.05) is 6.92 Å². The van der Waals surface area contributed by atoms with Crippen molar-refractivity contribution in [2.75, 3.05) is 6.61 Å². The summed E-state index contributed by atoms with van der Waals surface area (Å²) in [5.74, 6) is 0.191. The molecule has 0 aliphatic carbocycles. The highest BCUT2D eigenvalue weighted by Gasteiger charge is 2.17. The Kier molecular flexibility index (Phi) is 6.96. The molecule has 0 heterocycles. The molecule has 0 N–H and O–H groups in total. The second-order valence-electron chi connectivity index (χ2n) is 5.78. The van der Waals surface area contributed by atoms with Crippen LogP contribution in [-0.4, -0.2) is 29.4 Å². The molecule has 1 unspecified atom stereocenters. The van der Waals surface area contributed by atoms with Crippen molar-refractivity contribution >= 4 is 11.8 Å². The number of nitro benzene ring substituents is 1. The lowest BCUT2D eigenvalue weighted by Gasteiger charge is -2.24. The van der Waals surface area contributed by atoms with Crippen molar-refractivity contribution in [2.24, 2.45) is 0 Å². The first-order valence-electron chi connectivity index (χ1n) is 7.50. The van der Waals surface area contributed by atoms with E-state index in [1.165, 1.54) is 24.3 Å². The molecule has 0 bridgehead atoms. The van der Waals surface area contributed by atoms with Crippen LogP contribution in [0, 0.1) is 10.1 Å². The number of carbonyl (C=O) groups excluding carboxylic acids is 1. The Morgan fingerprint density at radius 1 is 1.30 bits per heavy atom. The van der Waals surface area contributed by atoms with Crippen LogP contribution in [0.25, 0.3) is 0 Å². The molecule has 0 fully saturated rings. The van der Waals surface area contributed by atoms with Crippen LogP contribution in [0.4, 0.5) is 10.5 Å². The minimum atomic E-state index is -0.846. The van der Waals surface area contributed by atoms with Gasteiger partial charge in [0.1, 0.15) is 11.9 Å². The number of non-ortho nitro benzene ring substituents is 1. The second-order valence-corrected chi connectivity index (χ2v) is 5.78. The van der Waals surface area contributed by atoms with Crippen molar-refractivity contribution in [2.45, 2.75) is 52.2 Å². The molecule has 0 aliphatic heterocycles. The fraction of sp³-hybridized carbons (Fsp3) is 0.562. The van der Waals surface area contributed by atoms with Crippen LogP contribution in [0.15, 0.2) is 24.3 Å². The lowest BCUT2D eigenvalue weighted by Crippen LogP contribution is -2.26. The van der Waals surface area contributed by atoms with E-state index in [-0.39, 0.29) is 23.1 Å². The zero-order chi connectivity index (χ0) is 17.5. The maximum Gasteiger partial charge on any atom is 0.514 e. The summed E-state index contributed by atoms with van der Waals surface area (Å²) < 4.78 is 15.8. The third-order valence-electron chi connectivity index (χ3n) is 3.41. The first-order valence-corrected chi connectivity index (χ1v) is 7.50. The van der Waals surface area contributed by atoms with Crippen LogP contribution in [0.2, 0.25) is 0 Å². The average Bonchev–Trinajstić information content (AvgIpc) is 2.47. The molecule has 1 atom stereocenters. The Bertz CT molecular complexity index is 526. The van der Waals surface area contributed by atoms with Crippen molar-refractivity contribution < 1.29 is 23.9 Å². The second kappa shape index (κ2) is 8.47. The van der Waals surface area contributed by atoms with E-state index in [1.807, 2.05) is 20.8 Å². The van der Waals surface area contributed by atoms with Crippen LogP contribution in [0.5, 0.6) is 5.75 Å². The van der Waals surface area contributed by atoms with E-state index in [0.717, 1.165) is 6.42 Å². The van der Waals surface area contributed by atoms with Crippen molar-refractivity contribution in [1.82, 2.24) is 0 Å². The standard InChI is InChI=1S/C16H23NO6/c1-5-16(3,4)21-11-10-12(2)22-15(18)23-14-8-6-13(7-9-14)17(19)20/h6-9,12H,5,10-11H2,1-4H3. The van der Waals surface area contributed by atoms with Crippen LogP contribution < -0.4 is 4.74 Å². The van der Waals surface area contributed by atoms with Crippen molar-refractivity contribution in [1.29, 1.82) is 0 Å². The van der Waals surface area contributed by atoms with Gasteiger partial charge in [0.15, 0.2) is 0 Å². The Balaban J connectivity index is 2.36. The van der Waals surface area contributed by atoms with Crippen molar-refractivity contribution in [3.8, 4) is 5.75 Å². The Morgan fingerprint density at radius 2 is 1.91 bits per heavy atom. The fourth-order valence-electron chi connectivity index (χ4n) is 1.58. The third kappa shape index (κ3) is 7.10. The highest BCUT2D eigenvalue weighted by Crippen LogP contribution is 2.18. The zero-order valence-corrected chi connectivity index (χ0v) is 13.9. The monoisotopic (exact) mass is 325 g/mol. The van der Waals surface area contributed by atoms with Gasteiger partial charge >= 0.3 is 6.16 Å². The van der Waals surface area contributed by atoms with Gasteiger partial charge in [-0.2, -0.15) is 0 Å². The Labute approximate surface area is 135 Å². The molecule has 7 heteroatoms. The molecule has 0 aliphatic rings. The quantitative estimate of drug-likeness (QED) is 0.309. The number of benzene rings is 1. The maximum absolute atomic E-state index is 11.6. The molecule has 128 valence electrons. The summed E-state index contributed by atoms with van der Waals surface area (Å²) in [5, 5.41) is 10.5. The summed E-state index contributed by atoms with van der Waals surface area (Å²) in [7, 11) is 0. The SMILES string of the molecule is CCC(C)(C)OCCC(C)OC(=O)Oc1ccc([N+](=O)[O-])cc1. The van der Waals surface area contributed by atoms with Crippen LogP contribution in [-0.2, 0) is 9.47 Å². The minimum Gasteiger partial charge on any atom is -0.431 e. The molecule has 23 heavy (non-hydrogen) atoms. The van der Waals surface area contributed by atoms with Crippen LogP contribution >= 0.6 is 0 Å². The smallest absolute Gasteiger partial charge is 0.431 e. The fourth-order valence-corrected chi connectivity index (χ4v) is 1.58. The molecule has 7 nitrogen and oxygen atoms in total. The van der Waals surface area contributed by atoms with E-state index in [1.54, 1.807) is 6.92 Å². The van der Waals surface area contributed by atoms with Crippen molar-refractivity contribution in [3.05, 3.63) is 34.4 Å². The molecular weight excluding hydrogens is 302 g/mol. The number of ether oxygens (including phenoxy) is 3. The van der Waals surface area contributed by atoms with Crippen LogP contribution in [0.1, 0.15) is 40.5 Å². The summed E-state index contributed by atoms with van der Waals surface area (Å²) in [5.41, 5.74) is -0.270. The molecule has 0 saturated carbocycles. The van der Waals surface area contributed by atoms with E-state index >= 15 is 0 Å². The molecular formula is C16H23NO6. The number of hydrogen-bond donors (Lipinski definition) is 0. The lowest BCUT2D eigenvalue weighted by atomic mass is 10.1. The Hall–Kier alpha value is -2.15. The predicted octanol–water partition coefficient (Wildman–Crippen LogP) is 4.09. The van der Waals surface area contributed by atoms with E-state index < -0.39 is 11.1 Å². The molecule has 0 amide bonds. The number of hydrogen-bond acceptors (Lipinski definition) is 6. The minimum absolute atomic E-state index is 0.0743. The molecule has 1 aromatic rings. The first-order chi connectivity index (χ1) is 10.7. The van der Waals surface area contributed by atoms with Gasteiger partial charge in [0.25, 0.3) is 5.69 Å². The van der Waals surface area contributed by atoms with Gasteiger partial charge < -0.3 is 14.2 Å². The molecule has 0 saturated heterocycles. The summed E-state index contributed by atoms with van der Waals surface area (Å²) >= 11 is 0. The topological polar surface area (TPSA) is 87.9 Å². The summed E-state index contributed by atoms with van der Waals surface area (Å²) in [4.78, 5) is 21.6. The average molecular weight is 325 g/mol. The van der Waals surface area contributed by atoms with E-state index in [2.05, 4.69) is 0 Å². The molecule has 1 rings (SSSR count). The zero-order valence-electron chi connectivity index (χ0n) is 13.9. The van der Waals surface area contributed by atoms with E-state index in [4.69, 9.17) is 14.2 Å². The van der Waals surface area contributed by atoms with Gasteiger partial charge in [-0.05, 0) is 39.3 Å². The first kappa shape index (κ1) is 18.9. The number of nitrogens with zero attached hydrogens (tertiary/aromatic N) is 1. The van der Waals surface area contributed by atoms with Gasteiger partial charge in [0.05, 0.1) is 17.1 Å². The molecule has 0 radical (unpaired) electrons. The van der Waals surface area contributed by atoms with Crippen LogP contribution in [0.3, 0.4) is 0 Å². The van der Waals surface area contributed by atoms with E-state index in [9.17, 15) is 14.9 Å². The number of nitro groups is 1. The summed E-state index contributed by atoms with van der Waals surface area (Å²) in [6.45, 7) is 8.27.